The smallest absolute Gasteiger partial charge is 0.306 e. The molecular formula is C81H148O5. The van der Waals surface area contributed by atoms with E-state index >= 15 is 0 Å². The maximum atomic E-state index is 12.4. The second-order valence-electron chi connectivity index (χ2n) is 26.1. The molecule has 0 aliphatic heterocycles. The van der Waals surface area contributed by atoms with Crippen molar-refractivity contribution in [3.63, 3.8) is 0 Å². The van der Waals surface area contributed by atoms with Gasteiger partial charge in [-0.15, -0.1) is 0 Å². The number of hydrogen-bond acceptors (Lipinski definition) is 5. The third kappa shape index (κ3) is 73.8. The van der Waals surface area contributed by atoms with Crippen LogP contribution in [0.5, 0.6) is 0 Å². The van der Waals surface area contributed by atoms with Gasteiger partial charge in [-0.25, -0.2) is 0 Å². The molecule has 0 saturated heterocycles. The van der Waals surface area contributed by atoms with E-state index in [0.29, 0.717) is 12.8 Å². The zero-order valence-electron chi connectivity index (χ0n) is 57.8. The Morgan fingerprint density at radius 1 is 0.279 bits per heavy atom. The molecule has 0 aromatic carbocycles. The van der Waals surface area contributed by atoms with Crippen LogP contribution in [0.15, 0.2) is 72.9 Å². The monoisotopic (exact) mass is 1200 g/mol. The minimum atomic E-state index is -0.775. The number of carbonyl (C=O) groups is 2. The Kier molecular flexibility index (Phi) is 74.2. The van der Waals surface area contributed by atoms with Crippen molar-refractivity contribution in [2.24, 2.45) is 0 Å². The van der Waals surface area contributed by atoms with Gasteiger partial charge in [-0.1, -0.05) is 408 Å². The van der Waals surface area contributed by atoms with E-state index in [2.05, 4.69) is 86.8 Å². The second-order valence-corrected chi connectivity index (χ2v) is 26.1. The van der Waals surface area contributed by atoms with E-state index in [1.54, 1.807) is 0 Å². The third-order valence-corrected chi connectivity index (χ3v) is 17.5. The first-order valence-electron chi connectivity index (χ1n) is 38.5. The molecule has 5 nitrogen and oxygen atoms in total. The first-order chi connectivity index (χ1) is 42.6. The van der Waals surface area contributed by atoms with Crippen LogP contribution in [0, 0.1) is 0 Å². The standard InChI is InChI=1S/C81H148O5/c1-3-5-7-9-11-13-15-17-19-21-23-25-27-29-31-33-35-37-38-39-40-41-42-44-45-47-49-51-53-55-57-59-61-63-65-67-69-71-73-75-80(83)85-78-79(77-82)86-81(84)76-74-72-70-68-66-64-62-60-58-56-54-52-50-48-46-43-36-34-32-30-28-26-24-22-20-18-16-14-12-10-8-6-4-2/h6,8,12,14,18,20,24,26,30,32,36,43,79,82H,3-5,7,9-11,13,15-17,19,21-23,25,27-29,31,33-35,37-42,44-78H2,1-2H3/b8-6-,14-12-,20-18-,26-24-,32-30-,43-36-. The van der Waals surface area contributed by atoms with Crippen LogP contribution in [0.1, 0.15) is 412 Å². The summed E-state index contributed by atoms with van der Waals surface area (Å²) in [5.41, 5.74) is 0. The van der Waals surface area contributed by atoms with Gasteiger partial charge >= 0.3 is 11.9 Å². The lowest BCUT2D eigenvalue weighted by atomic mass is 10.0. The minimum Gasteiger partial charge on any atom is -0.462 e. The minimum absolute atomic E-state index is 0.0630. The Morgan fingerprint density at radius 2 is 0.500 bits per heavy atom. The van der Waals surface area contributed by atoms with Gasteiger partial charge < -0.3 is 14.6 Å². The summed E-state index contributed by atoms with van der Waals surface area (Å²) in [6.45, 7) is 4.08. The molecule has 86 heavy (non-hydrogen) atoms. The zero-order chi connectivity index (χ0) is 61.9. The van der Waals surface area contributed by atoms with Gasteiger partial charge in [0.05, 0.1) is 6.61 Å². The molecule has 0 radical (unpaired) electrons. The van der Waals surface area contributed by atoms with Gasteiger partial charge in [-0.2, -0.15) is 0 Å². The molecule has 1 N–H and O–H groups in total. The second kappa shape index (κ2) is 76.6. The lowest BCUT2D eigenvalue weighted by molar-refractivity contribution is -0.161. The summed E-state index contributed by atoms with van der Waals surface area (Å²) >= 11 is 0. The van der Waals surface area contributed by atoms with Crippen molar-refractivity contribution in [2.75, 3.05) is 13.2 Å². The van der Waals surface area contributed by atoms with Crippen LogP contribution in [0.4, 0.5) is 0 Å². The Labute approximate surface area is 537 Å². The maximum absolute atomic E-state index is 12.4. The number of hydrogen-bond donors (Lipinski definition) is 1. The van der Waals surface area contributed by atoms with Crippen molar-refractivity contribution in [1.29, 1.82) is 0 Å². The fourth-order valence-electron chi connectivity index (χ4n) is 11.8. The average molecular weight is 1200 g/mol. The molecule has 0 spiro atoms. The summed E-state index contributed by atoms with van der Waals surface area (Å²) in [7, 11) is 0. The highest BCUT2D eigenvalue weighted by Gasteiger charge is 2.16. The Bertz CT molecular complexity index is 1500. The highest BCUT2D eigenvalue weighted by molar-refractivity contribution is 5.70. The van der Waals surface area contributed by atoms with E-state index in [1.165, 1.54) is 308 Å². The molecule has 5 heteroatoms. The SMILES string of the molecule is CC/C=C\C/C=C\C/C=C\C/C=C\C/C=C\C/C=C\CCCCCCCCCCCCCCCCC(=O)OC(CO)COC(=O)CCCCCCCCCCCCCCCCCCCCCCCCCCCCCCCCCCCCCCCCC. The normalized spacial score (nSPS) is 12.5. The van der Waals surface area contributed by atoms with Crippen LogP contribution in [-0.2, 0) is 19.1 Å². The molecular weight excluding hydrogens is 1050 g/mol. The lowest BCUT2D eigenvalue weighted by Crippen LogP contribution is -2.28. The summed E-state index contributed by atoms with van der Waals surface area (Å²) in [5, 5.41) is 9.72. The van der Waals surface area contributed by atoms with Gasteiger partial charge in [0.2, 0.25) is 0 Å². The van der Waals surface area contributed by atoms with E-state index in [9.17, 15) is 14.7 Å². The molecule has 0 aliphatic carbocycles. The maximum Gasteiger partial charge on any atom is 0.306 e. The van der Waals surface area contributed by atoms with Crippen molar-refractivity contribution < 1.29 is 24.2 Å². The molecule has 0 fully saturated rings. The average Bonchev–Trinajstić information content (AvgIpc) is 3.55. The quantitative estimate of drug-likeness (QED) is 0.0373. The van der Waals surface area contributed by atoms with Crippen molar-refractivity contribution in [3.8, 4) is 0 Å². The first-order valence-corrected chi connectivity index (χ1v) is 38.5. The number of allylic oxidation sites excluding steroid dienone is 12. The zero-order valence-corrected chi connectivity index (χ0v) is 57.8. The third-order valence-electron chi connectivity index (χ3n) is 17.5. The van der Waals surface area contributed by atoms with Crippen LogP contribution < -0.4 is 0 Å². The van der Waals surface area contributed by atoms with Crippen molar-refractivity contribution >= 4 is 11.9 Å². The highest BCUT2D eigenvalue weighted by Crippen LogP contribution is 2.20. The Hall–Kier alpha value is -2.66. The number of esters is 2. The number of rotatable bonds is 72. The highest BCUT2D eigenvalue weighted by atomic mass is 16.6. The van der Waals surface area contributed by atoms with Crippen molar-refractivity contribution in [1.82, 2.24) is 0 Å². The van der Waals surface area contributed by atoms with Crippen LogP contribution in [0.2, 0.25) is 0 Å². The molecule has 0 heterocycles. The topological polar surface area (TPSA) is 72.8 Å². The molecule has 0 amide bonds. The summed E-state index contributed by atoms with van der Waals surface area (Å²) in [4.78, 5) is 24.7. The van der Waals surface area contributed by atoms with Crippen LogP contribution in [0.3, 0.4) is 0 Å². The number of ether oxygens (including phenoxy) is 2. The number of aliphatic hydroxyl groups excluding tert-OH is 1. The Balaban J connectivity index is 3.39. The molecule has 0 aromatic rings. The largest absolute Gasteiger partial charge is 0.462 e. The molecule has 1 unspecified atom stereocenters. The number of aliphatic hydroxyl groups is 1. The summed E-state index contributed by atoms with van der Waals surface area (Å²) in [6, 6.07) is 0. The molecule has 1 atom stereocenters. The van der Waals surface area contributed by atoms with Crippen molar-refractivity contribution in [3.05, 3.63) is 72.9 Å². The van der Waals surface area contributed by atoms with Gasteiger partial charge in [0.15, 0.2) is 6.10 Å². The summed E-state index contributed by atoms with van der Waals surface area (Å²) < 4.78 is 10.8. The van der Waals surface area contributed by atoms with Crippen LogP contribution in [-0.4, -0.2) is 36.4 Å². The van der Waals surface area contributed by atoms with E-state index in [4.69, 9.17) is 9.47 Å². The summed E-state index contributed by atoms with van der Waals surface area (Å²) in [5.74, 6) is -0.572. The first kappa shape index (κ1) is 83.3. The van der Waals surface area contributed by atoms with Gasteiger partial charge in [0.1, 0.15) is 6.61 Å². The van der Waals surface area contributed by atoms with E-state index < -0.39 is 6.10 Å². The van der Waals surface area contributed by atoms with Gasteiger partial charge in [-0.3, -0.25) is 9.59 Å². The van der Waals surface area contributed by atoms with Gasteiger partial charge in [0.25, 0.3) is 0 Å². The molecule has 0 bridgehead atoms. The van der Waals surface area contributed by atoms with Crippen molar-refractivity contribution in [2.45, 2.75) is 418 Å². The van der Waals surface area contributed by atoms with Gasteiger partial charge in [0, 0.05) is 12.8 Å². The predicted octanol–water partition coefficient (Wildman–Crippen LogP) is 27.0. The number of carbonyl (C=O) groups excluding carboxylic acids is 2. The van der Waals surface area contributed by atoms with E-state index in [-0.39, 0.29) is 25.2 Å². The van der Waals surface area contributed by atoms with Crippen LogP contribution in [0.25, 0.3) is 0 Å². The molecule has 0 aromatic heterocycles. The molecule has 0 aliphatic rings. The molecule has 0 saturated carbocycles. The predicted molar refractivity (Wildman–Crippen MR) is 380 cm³/mol. The lowest BCUT2D eigenvalue weighted by Gasteiger charge is -2.15. The van der Waals surface area contributed by atoms with Gasteiger partial charge in [-0.05, 0) is 64.2 Å². The molecule has 502 valence electrons. The molecule has 0 rings (SSSR count). The fraction of sp³-hybridized carbons (Fsp3) is 0.827. The number of unbranched alkanes of at least 4 members (excludes halogenated alkanes) is 52. The summed E-state index contributed by atoms with van der Waals surface area (Å²) in [6.07, 6.45) is 107. The van der Waals surface area contributed by atoms with E-state index in [1.807, 2.05) is 0 Å². The fourth-order valence-corrected chi connectivity index (χ4v) is 11.8. The van der Waals surface area contributed by atoms with Crippen LogP contribution >= 0.6 is 0 Å². The Morgan fingerprint density at radius 3 is 0.756 bits per heavy atom. The van der Waals surface area contributed by atoms with E-state index in [0.717, 1.165) is 77.0 Å².